The minimum Gasteiger partial charge on any atom is -0.356 e. The molecule has 0 aliphatic carbocycles. The van der Waals surface area contributed by atoms with Crippen molar-refractivity contribution >= 4 is 43.3 Å². The third kappa shape index (κ3) is 2.34. The van der Waals surface area contributed by atoms with Crippen molar-refractivity contribution in [1.29, 1.82) is 0 Å². The molecule has 90 valence electrons. The van der Waals surface area contributed by atoms with E-state index in [1.54, 1.807) is 0 Å². The van der Waals surface area contributed by atoms with Gasteiger partial charge in [-0.05, 0) is 27.6 Å². The number of para-hydroxylation sites is 1. The number of anilines is 1. The van der Waals surface area contributed by atoms with E-state index in [1.807, 2.05) is 18.3 Å². The number of aromatic nitrogens is 3. The average molecular weight is 321 g/mol. The van der Waals surface area contributed by atoms with Gasteiger partial charge in [-0.1, -0.05) is 35.6 Å². The van der Waals surface area contributed by atoms with Gasteiger partial charge in [0.15, 0.2) is 3.92 Å². The largest absolute Gasteiger partial charge is 0.356 e. The van der Waals surface area contributed by atoms with E-state index in [4.69, 9.17) is 0 Å². The molecule has 0 aliphatic rings. The van der Waals surface area contributed by atoms with Crippen LogP contribution in [0.1, 0.15) is 5.56 Å². The monoisotopic (exact) mass is 320 g/mol. The zero-order chi connectivity index (χ0) is 12.4. The van der Waals surface area contributed by atoms with E-state index in [9.17, 15) is 0 Å². The van der Waals surface area contributed by atoms with Crippen molar-refractivity contribution in [2.45, 2.75) is 6.54 Å². The van der Waals surface area contributed by atoms with Gasteiger partial charge in [0.2, 0.25) is 5.13 Å². The second-order valence-electron chi connectivity index (χ2n) is 3.71. The van der Waals surface area contributed by atoms with Crippen molar-refractivity contribution < 1.29 is 0 Å². The molecule has 3 rings (SSSR count). The van der Waals surface area contributed by atoms with E-state index >= 15 is 0 Å². The Morgan fingerprint density at radius 3 is 2.89 bits per heavy atom. The minimum atomic E-state index is 0.690. The molecule has 0 aliphatic heterocycles. The highest BCUT2D eigenvalue weighted by Crippen LogP contribution is 2.22. The Balaban J connectivity index is 1.86. The molecule has 1 aromatic carbocycles. The first-order chi connectivity index (χ1) is 8.83. The van der Waals surface area contributed by atoms with Crippen molar-refractivity contribution in [2.24, 2.45) is 0 Å². The summed E-state index contributed by atoms with van der Waals surface area (Å²) in [7, 11) is 0. The number of nitrogens with zero attached hydrogens (tertiary/aromatic N) is 3. The first kappa shape index (κ1) is 11.6. The first-order valence-electron chi connectivity index (χ1n) is 5.38. The molecule has 0 fully saturated rings. The number of rotatable bonds is 3. The molecule has 6 heteroatoms. The molecule has 0 bridgehead atoms. The average Bonchev–Trinajstić information content (AvgIpc) is 2.82. The van der Waals surface area contributed by atoms with Crippen LogP contribution >= 0.6 is 27.3 Å². The fraction of sp³-hybridized carbons (Fsp3) is 0.0833. The predicted octanol–water partition coefficient (Wildman–Crippen LogP) is 3.46. The van der Waals surface area contributed by atoms with Gasteiger partial charge in [-0.25, -0.2) is 0 Å². The lowest BCUT2D eigenvalue weighted by Crippen LogP contribution is -2.00. The zero-order valence-corrected chi connectivity index (χ0v) is 11.7. The highest BCUT2D eigenvalue weighted by molar-refractivity contribution is 9.11. The highest BCUT2D eigenvalue weighted by Gasteiger charge is 2.04. The molecule has 1 N–H and O–H groups in total. The summed E-state index contributed by atoms with van der Waals surface area (Å²) < 4.78 is 0.779. The number of hydrogen-bond acceptors (Lipinski definition) is 5. The lowest BCUT2D eigenvalue weighted by molar-refractivity contribution is 1.04. The number of benzene rings is 1. The molecule has 0 saturated heterocycles. The third-order valence-corrected chi connectivity index (χ3v) is 3.86. The molecule has 3 aromatic rings. The zero-order valence-electron chi connectivity index (χ0n) is 9.30. The SMILES string of the molecule is Brc1nnc(NCc2cccc3cccnc23)s1. The van der Waals surface area contributed by atoms with Gasteiger partial charge in [-0.2, -0.15) is 0 Å². The summed E-state index contributed by atoms with van der Waals surface area (Å²) >= 11 is 4.77. The fourth-order valence-corrected chi connectivity index (χ4v) is 2.76. The van der Waals surface area contributed by atoms with Crippen LogP contribution in [0.25, 0.3) is 10.9 Å². The maximum Gasteiger partial charge on any atom is 0.206 e. The van der Waals surface area contributed by atoms with Gasteiger partial charge in [0.25, 0.3) is 0 Å². The third-order valence-electron chi connectivity index (χ3n) is 2.55. The van der Waals surface area contributed by atoms with Gasteiger partial charge in [0.1, 0.15) is 0 Å². The lowest BCUT2D eigenvalue weighted by atomic mass is 10.1. The Morgan fingerprint density at radius 2 is 2.06 bits per heavy atom. The van der Waals surface area contributed by atoms with E-state index < -0.39 is 0 Å². The van der Waals surface area contributed by atoms with Crippen LogP contribution in [0.3, 0.4) is 0 Å². The predicted molar refractivity (Wildman–Crippen MR) is 76.7 cm³/mol. The van der Waals surface area contributed by atoms with Crippen molar-refractivity contribution in [3.05, 3.63) is 46.0 Å². The second-order valence-corrected chi connectivity index (χ2v) is 5.96. The summed E-state index contributed by atoms with van der Waals surface area (Å²) in [6, 6.07) is 10.2. The Morgan fingerprint density at radius 1 is 1.17 bits per heavy atom. The summed E-state index contributed by atoms with van der Waals surface area (Å²) in [6.07, 6.45) is 1.81. The van der Waals surface area contributed by atoms with Gasteiger partial charge in [0, 0.05) is 18.1 Å². The highest BCUT2D eigenvalue weighted by atomic mass is 79.9. The first-order valence-corrected chi connectivity index (χ1v) is 6.99. The lowest BCUT2D eigenvalue weighted by Gasteiger charge is -2.05. The van der Waals surface area contributed by atoms with Gasteiger partial charge >= 0.3 is 0 Å². The Hall–Kier alpha value is -1.53. The minimum absolute atomic E-state index is 0.690. The molecule has 0 spiro atoms. The summed E-state index contributed by atoms with van der Waals surface area (Å²) in [5, 5.41) is 13.1. The van der Waals surface area contributed by atoms with Gasteiger partial charge in [0.05, 0.1) is 5.52 Å². The number of nitrogens with one attached hydrogen (secondary N) is 1. The smallest absolute Gasteiger partial charge is 0.206 e. The van der Waals surface area contributed by atoms with E-state index in [2.05, 4.69) is 54.6 Å². The summed E-state index contributed by atoms with van der Waals surface area (Å²) in [6.45, 7) is 0.690. The summed E-state index contributed by atoms with van der Waals surface area (Å²) in [4.78, 5) is 4.42. The van der Waals surface area contributed by atoms with Crippen molar-refractivity contribution in [3.8, 4) is 0 Å². The van der Waals surface area contributed by atoms with Crippen LogP contribution in [0.4, 0.5) is 5.13 Å². The van der Waals surface area contributed by atoms with Crippen LogP contribution < -0.4 is 5.32 Å². The van der Waals surface area contributed by atoms with E-state index in [0.29, 0.717) is 6.54 Å². The van der Waals surface area contributed by atoms with Gasteiger partial charge in [-0.15, -0.1) is 10.2 Å². The van der Waals surface area contributed by atoms with Crippen LogP contribution in [0.15, 0.2) is 40.4 Å². The van der Waals surface area contributed by atoms with Gasteiger partial charge < -0.3 is 5.32 Å². The molecule has 0 unspecified atom stereocenters. The molecular formula is C12H9BrN4S. The quantitative estimate of drug-likeness (QED) is 0.803. The summed E-state index contributed by atoms with van der Waals surface area (Å²) in [5.41, 5.74) is 2.18. The van der Waals surface area contributed by atoms with Crippen LogP contribution in [0.2, 0.25) is 0 Å². The van der Waals surface area contributed by atoms with Gasteiger partial charge in [-0.3, -0.25) is 4.98 Å². The van der Waals surface area contributed by atoms with Crippen molar-refractivity contribution in [2.75, 3.05) is 5.32 Å². The molecule has 4 nitrogen and oxygen atoms in total. The number of halogens is 1. The van der Waals surface area contributed by atoms with Crippen LogP contribution in [-0.2, 0) is 6.54 Å². The Kier molecular flexibility index (Phi) is 3.21. The van der Waals surface area contributed by atoms with E-state index in [-0.39, 0.29) is 0 Å². The molecule has 0 amide bonds. The maximum absolute atomic E-state index is 4.42. The summed E-state index contributed by atoms with van der Waals surface area (Å²) in [5.74, 6) is 0. The molecule has 0 radical (unpaired) electrons. The van der Waals surface area contributed by atoms with Crippen LogP contribution in [-0.4, -0.2) is 15.2 Å². The topological polar surface area (TPSA) is 50.7 Å². The number of fused-ring (bicyclic) bond motifs is 1. The number of pyridine rings is 1. The molecule has 2 aromatic heterocycles. The fourth-order valence-electron chi connectivity index (χ4n) is 1.76. The van der Waals surface area contributed by atoms with Crippen LogP contribution in [0.5, 0.6) is 0 Å². The molecular weight excluding hydrogens is 312 g/mol. The molecule has 2 heterocycles. The molecule has 18 heavy (non-hydrogen) atoms. The molecule has 0 atom stereocenters. The Bertz CT molecular complexity index is 677. The van der Waals surface area contributed by atoms with Crippen molar-refractivity contribution in [3.63, 3.8) is 0 Å². The maximum atomic E-state index is 4.42. The number of hydrogen-bond donors (Lipinski definition) is 1. The Labute approximate surface area is 116 Å². The van der Waals surface area contributed by atoms with E-state index in [1.165, 1.54) is 11.3 Å². The van der Waals surface area contributed by atoms with E-state index in [0.717, 1.165) is 25.5 Å². The molecule has 0 saturated carbocycles. The normalized spacial score (nSPS) is 10.7. The van der Waals surface area contributed by atoms with Crippen molar-refractivity contribution in [1.82, 2.24) is 15.2 Å². The second kappa shape index (κ2) is 4.99. The van der Waals surface area contributed by atoms with Crippen LogP contribution in [0, 0.1) is 0 Å². The standard InChI is InChI=1S/C12H9BrN4S/c13-11-16-17-12(18-11)15-7-9-4-1-3-8-5-2-6-14-10(8)9/h1-6H,7H2,(H,15,17).